The van der Waals surface area contributed by atoms with Crippen molar-refractivity contribution in [3.05, 3.63) is 18.0 Å². The Kier molecular flexibility index (Phi) is 5.43. The second kappa shape index (κ2) is 6.98. The summed E-state index contributed by atoms with van der Waals surface area (Å²) >= 11 is 0. The molecule has 23 heavy (non-hydrogen) atoms. The second-order valence-electron chi connectivity index (χ2n) is 7.87. The van der Waals surface area contributed by atoms with Gasteiger partial charge in [0.2, 0.25) is 5.95 Å². The van der Waals surface area contributed by atoms with Crippen molar-refractivity contribution in [1.82, 2.24) is 9.97 Å². The number of aromatic nitrogens is 2. The minimum atomic E-state index is -1.68. The molecule has 0 aliphatic heterocycles. The molecule has 5 nitrogen and oxygen atoms in total. The van der Waals surface area contributed by atoms with Gasteiger partial charge in [0.1, 0.15) is 11.8 Å². The predicted octanol–water partition coefficient (Wildman–Crippen LogP) is 4.09. The maximum atomic E-state index is 8.90. The predicted molar refractivity (Wildman–Crippen MR) is 94.7 cm³/mol. The lowest BCUT2D eigenvalue weighted by molar-refractivity contribution is 0.133. The third kappa shape index (κ3) is 4.76. The summed E-state index contributed by atoms with van der Waals surface area (Å²) in [4.78, 5) is 8.38. The second-order valence-corrected chi connectivity index (χ2v) is 12.6. The van der Waals surface area contributed by atoms with Crippen molar-refractivity contribution in [3.8, 4) is 6.07 Å². The SMILES string of the molecule is CC(C)(C)[Si](C)(C)O[C@H]1CC[C@@H](Nc2nccc(C#N)n2)CC1. The molecule has 0 radical (unpaired) electrons. The van der Waals surface area contributed by atoms with E-state index in [0.717, 1.165) is 25.7 Å². The minimum absolute atomic E-state index is 0.258. The van der Waals surface area contributed by atoms with Crippen molar-refractivity contribution in [1.29, 1.82) is 5.26 Å². The van der Waals surface area contributed by atoms with E-state index in [1.54, 1.807) is 12.3 Å². The van der Waals surface area contributed by atoms with Crippen LogP contribution in [0.3, 0.4) is 0 Å². The Bertz CT molecular complexity index is 569. The lowest BCUT2D eigenvalue weighted by atomic mass is 9.93. The lowest BCUT2D eigenvalue weighted by Crippen LogP contribution is -2.45. The first kappa shape index (κ1) is 17.9. The highest BCUT2D eigenvalue weighted by Crippen LogP contribution is 2.39. The zero-order valence-electron chi connectivity index (χ0n) is 14.9. The molecule has 2 rings (SSSR count). The van der Waals surface area contributed by atoms with E-state index in [4.69, 9.17) is 9.69 Å². The minimum Gasteiger partial charge on any atom is -0.414 e. The monoisotopic (exact) mass is 332 g/mol. The van der Waals surface area contributed by atoms with Crippen LogP contribution >= 0.6 is 0 Å². The van der Waals surface area contributed by atoms with Crippen LogP contribution in [0, 0.1) is 11.3 Å². The number of hydrogen-bond acceptors (Lipinski definition) is 5. The van der Waals surface area contributed by atoms with Gasteiger partial charge in [0.25, 0.3) is 0 Å². The van der Waals surface area contributed by atoms with E-state index in [1.165, 1.54) is 0 Å². The van der Waals surface area contributed by atoms with Crippen LogP contribution < -0.4 is 5.32 Å². The first-order valence-electron chi connectivity index (χ1n) is 8.39. The van der Waals surface area contributed by atoms with E-state index in [0.29, 0.717) is 23.8 Å². The number of anilines is 1. The number of nitrogens with zero attached hydrogens (tertiary/aromatic N) is 3. The molecule has 0 atom stereocenters. The van der Waals surface area contributed by atoms with Gasteiger partial charge in [0, 0.05) is 18.3 Å². The Morgan fingerprint density at radius 2 is 1.91 bits per heavy atom. The summed E-state index contributed by atoms with van der Waals surface area (Å²) in [6.07, 6.45) is 6.25. The maximum absolute atomic E-state index is 8.90. The fourth-order valence-electron chi connectivity index (χ4n) is 2.59. The summed E-state index contributed by atoms with van der Waals surface area (Å²) in [6, 6.07) is 4.03. The number of rotatable bonds is 4. The summed E-state index contributed by atoms with van der Waals surface area (Å²) < 4.78 is 6.52. The third-order valence-electron chi connectivity index (χ3n) is 5.05. The fraction of sp³-hybridized carbons (Fsp3) is 0.706. The molecule has 0 bridgehead atoms. The zero-order chi connectivity index (χ0) is 17.1. The van der Waals surface area contributed by atoms with Crippen LogP contribution in [0.15, 0.2) is 12.3 Å². The molecule has 1 saturated carbocycles. The molecule has 1 aliphatic carbocycles. The lowest BCUT2D eigenvalue weighted by Gasteiger charge is -2.41. The van der Waals surface area contributed by atoms with Crippen molar-refractivity contribution >= 4 is 14.3 Å². The van der Waals surface area contributed by atoms with Crippen molar-refractivity contribution in [2.24, 2.45) is 0 Å². The van der Waals surface area contributed by atoms with Crippen molar-refractivity contribution < 1.29 is 4.43 Å². The molecular formula is C17H28N4OSi. The van der Waals surface area contributed by atoms with E-state index in [-0.39, 0.29) is 5.04 Å². The molecule has 0 saturated heterocycles. The van der Waals surface area contributed by atoms with E-state index < -0.39 is 8.32 Å². The summed E-state index contributed by atoms with van der Waals surface area (Å²) in [6.45, 7) is 11.5. The summed E-state index contributed by atoms with van der Waals surface area (Å²) in [7, 11) is -1.68. The van der Waals surface area contributed by atoms with Crippen LogP contribution in [0.4, 0.5) is 5.95 Å². The quantitative estimate of drug-likeness (QED) is 0.841. The first-order valence-corrected chi connectivity index (χ1v) is 11.3. The van der Waals surface area contributed by atoms with Crippen LogP contribution in [0.5, 0.6) is 0 Å². The molecular weight excluding hydrogens is 304 g/mol. The average Bonchev–Trinajstić information content (AvgIpc) is 2.48. The highest BCUT2D eigenvalue weighted by molar-refractivity contribution is 6.74. The average molecular weight is 333 g/mol. The molecule has 1 aromatic heterocycles. The molecule has 1 heterocycles. The van der Waals surface area contributed by atoms with Crippen LogP contribution in [0.25, 0.3) is 0 Å². The summed E-state index contributed by atoms with van der Waals surface area (Å²) in [5.41, 5.74) is 0.400. The van der Waals surface area contributed by atoms with Gasteiger partial charge in [-0.15, -0.1) is 0 Å². The normalized spacial score (nSPS) is 22.4. The van der Waals surface area contributed by atoms with Crippen molar-refractivity contribution in [2.75, 3.05) is 5.32 Å². The molecule has 0 spiro atoms. The van der Waals surface area contributed by atoms with Gasteiger partial charge in [-0.1, -0.05) is 20.8 Å². The van der Waals surface area contributed by atoms with Crippen LogP contribution in [0.2, 0.25) is 18.1 Å². The number of nitriles is 1. The highest BCUT2D eigenvalue weighted by Gasteiger charge is 2.39. The maximum Gasteiger partial charge on any atom is 0.224 e. The Morgan fingerprint density at radius 1 is 1.26 bits per heavy atom. The van der Waals surface area contributed by atoms with E-state index in [2.05, 4.69) is 49.1 Å². The molecule has 126 valence electrons. The third-order valence-corrected chi connectivity index (χ3v) is 9.58. The molecule has 1 fully saturated rings. The fourth-order valence-corrected chi connectivity index (χ4v) is 4.01. The molecule has 1 aromatic rings. The van der Waals surface area contributed by atoms with Gasteiger partial charge in [-0.05, 0) is 49.9 Å². The Balaban J connectivity index is 1.86. The van der Waals surface area contributed by atoms with Gasteiger partial charge in [-0.2, -0.15) is 5.26 Å². The standard InChI is InChI=1S/C17H28N4OSi/c1-17(2,3)23(4,5)22-15-8-6-13(7-9-15)20-16-19-11-10-14(12-18)21-16/h10-11,13,15H,6-9H2,1-5H3,(H,19,20,21)/t13-,15+. The van der Waals surface area contributed by atoms with Gasteiger partial charge in [0.05, 0.1) is 0 Å². The molecule has 1 N–H and O–H groups in total. The molecule has 0 unspecified atom stereocenters. The smallest absolute Gasteiger partial charge is 0.224 e. The first-order chi connectivity index (χ1) is 10.7. The molecule has 6 heteroatoms. The summed E-state index contributed by atoms with van der Waals surface area (Å²) in [5, 5.41) is 12.5. The molecule has 0 amide bonds. The van der Waals surface area contributed by atoms with E-state index >= 15 is 0 Å². The van der Waals surface area contributed by atoms with Gasteiger partial charge < -0.3 is 9.74 Å². The van der Waals surface area contributed by atoms with Crippen molar-refractivity contribution in [2.45, 2.75) is 76.7 Å². The zero-order valence-corrected chi connectivity index (χ0v) is 15.9. The Hall–Kier alpha value is -1.45. The van der Waals surface area contributed by atoms with Crippen LogP contribution in [-0.4, -0.2) is 30.4 Å². The van der Waals surface area contributed by atoms with E-state index in [9.17, 15) is 0 Å². The van der Waals surface area contributed by atoms with Gasteiger partial charge in [0.15, 0.2) is 8.32 Å². The topological polar surface area (TPSA) is 70.8 Å². The van der Waals surface area contributed by atoms with Gasteiger partial charge in [-0.3, -0.25) is 0 Å². The number of nitrogens with one attached hydrogen (secondary N) is 1. The highest BCUT2D eigenvalue weighted by atomic mass is 28.4. The van der Waals surface area contributed by atoms with Gasteiger partial charge in [-0.25, -0.2) is 9.97 Å². The van der Waals surface area contributed by atoms with Crippen molar-refractivity contribution in [3.63, 3.8) is 0 Å². The molecule has 1 aliphatic rings. The van der Waals surface area contributed by atoms with Crippen LogP contribution in [-0.2, 0) is 4.43 Å². The number of hydrogen-bond donors (Lipinski definition) is 1. The van der Waals surface area contributed by atoms with E-state index in [1.807, 2.05) is 6.07 Å². The largest absolute Gasteiger partial charge is 0.414 e. The van der Waals surface area contributed by atoms with Crippen LogP contribution in [0.1, 0.15) is 52.1 Å². The molecule has 0 aromatic carbocycles. The Morgan fingerprint density at radius 3 is 2.48 bits per heavy atom. The summed E-state index contributed by atoms with van der Waals surface area (Å²) in [5.74, 6) is 0.554. The Labute approximate surface area is 140 Å². The van der Waals surface area contributed by atoms with Gasteiger partial charge >= 0.3 is 0 Å².